The van der Waals surface area contributed by atoms with Gasteiger partial charge in [0.25, 0.3) is 5.91 Å². The van der Waals surface area contributed by atoms with E-state index in [-0.39, 0.29) is 24.4 Å². The van der Waals surface area contributed by atoms with Gasteiger partial charge in [-0.1, -0.05) is 30.3 Å². The summed E-state index contributed by atoms with van der Waals surface area (Å²) in [7, 11) is -3.48. The zero-order chi connectivity index (χ0) is 22.2. The summed E-state index contributed by atoms with van der Waals surface area (Å²) in [6.45, 7) is 4.62. The highest BCUT2D eigenvalue weighted by molar-refractivity contribution is 7.92. The van der Waals surface area contributed by atoms with E-state index in [1.807, 2.05) is 44.2 Å². The molecule has 1 aliphatic rings. The molecule has 0 radical (unpaired) electrons. The first-order valence-corrected chi connectivity index (χ1v) is 11.9. The number of benzene rings is 2. The Labute approximate surface area is 182 Å². The molecule has 2 aromatic carbocycles. The Kier molecular flexibility index (Phi) is 5.53. The average molecular weight is 440 g/mol. The number of carbonyl (C=O) groups is 1. The van der Waals surface area contributed by atoms with Crippen molar-refractivity contribution < 1.29 is 13.2 Å². The molecule has 1 aromatic heterocycles. The van der Waals surface area contributed by atoms with E-state index >= 15 is 0 Å². The number of nitrogens with one attached hydrogen (secondary N) is 1. The molecule has 1 amide bonds. The number of amides is 1. The van der Waals surface area contributed by atoms with Gasteiger partial charge >= 0.3 is 0 Å². The molecule has 8 nitrogen and oxygen atoms in total. The van der Waals surface area contributed by atoms with Crippen LogP contribution in [0.4, 0.5) is 5.69 Å². The Balaban J connectivity index is 1.65. The number of carbonyl (C=O) groups excluding carboxylic acids is 1. The number of rotatable bonds is 6. The van der Waals surface area contributed by atoms with Crippen molar-refractivity contribution >= 4 is 21.6 Å². The first-order chi connectivity index (χ1) is 14.7. The van der Waals surface area contributed by atoms with Gasteiger partial charge in [-0.25, -0.2) is 13.4 Å². The zero-order valence-corrected chi connectivity index (χ0v) is 18.5. The molecule has 31 heavy (non-hydrogen) atoms. The molecule has 0 spiro atoms. The predicted octanol–water partition coefficient (Wildman–Crippen LogP) is 2.70. The molecule has 9 heteroatoms. The molecule has 162 valence electrons. The molecular weight excluding hydrogens is 414 g/mol. The largest absolute Gasteiger partial charge is 0.348 e. The summed E-state index contributed by atoms with van der Waals surface area (Å²) in [4.78, 5) is 17.2. The van der Waals surface area contributed by atoms with Crippen molar-refractivity contribution in [2.75, 3.05) is 17.1 Å². The molecule has 0 saturated heterocycles. The molecule has 4 rings (SSSR count). The van der Waals surface area contributed by atoms with E-state index in [1.165, 1.54) is 10.6 Å². The van der Waals surface area contributed by atoms with Crippen LogP contribution in [-0.4, -0.2) is 41.9 Å². The number of fused-ring (bicyclic) bond motifs is 1. The molecule has 1 unspecified atom stereocenters. The number of nitrogens with zero attached hydrogens (tertiary/aromatic N) is 4. The maximum absolute atomic E-state index is 12.8. The Morgan fingerprint density at radius 3 is 2.58 bits per heavy atom. The molecule has 1 aliphatic heterocycles. The van der Waals surface area contributed by atoms with Crippen LogP contribution < -0.4 is 9.62 Å². The van der Waals surface area contributed by atoms with E-state index in [4.69, 9.17) is 0 Å². The van der Waals surface area contributed by atoms with Crippen LogP contribution in [0.1, 0.15) is 53.1 Å². The Bertz CT molecular complexity index is 1200. The van der Waals surface area contributed by atoms with Gasteiger partial charge in [0.05, 0.1) is 17.9 Å². The van der Waals surface area contributed by atoms with Crippen LogP contribution in [0.15, 0.2) is 54.9 Å². The van der Waals surface area contributed by atoms with E-state index in [1.54, 1.807) is 29.2 Å². The number of hydrogen-bond donors (Lipinski definition) is 1. The van der Waals surface area contributed by atoms with Gasteiger partial charge in [0.15, 0.2) is 5.82 Å². The average Bonchev–Trinajstić information content (AvgIpc) is 3.37. The highest BCUT2D eigenvalue weighted by Gasteiger charge is 2.37. The smallest absolute Gasteiger partial charge is 0.251 e. The standard InChI is InChI=1S/C22H25N5O3S/c1-15(2)26-14-24-21(25-26)19-13-27(31(3,29)30)20-10-9-17(11-18(19)20)22(28)23-12-16-7-5-4-6-8-16/h4-11,14-15,19H,12-13H2,1-3H3,(H,23,28). The summed E-state index contributed by atoms with van der Waals surface area (Å²) >= 11 is 0. The highest BCUT2D eigenvalue weighted by atomic mass is 32.2. The lowest BCUT2D eigenvalue weighted by molar-refractivity contribution is 0.0951. The van der Waals surface area contributed by atoms with Crippen molar-refractivity contribution in [1.82, 2.24) is 20.1 Å². The minimum absolute atomic E-state index is 0.142. The van der Waals surface area contributed by atoms with E-state index in [2.05, 4.69) is 15.4 Å². The fourth-order valence-electron chi connectivity index (χ4n) is 3.68. The predicted molar refractivity (Wildman–Crippen MR) is 118 cm³/mol. The summed E-state index contributed by atoms with van der Waals surface area (Å²) in [5, 5.41) is 7.46. The third-order valence-corrected chi connectivity index (χ3v) is 6.49. The molecular formula is C22H25N5O3S. The Morgan fingerprint density at radius 1 is 1.19 bits per heavy atom. The van der Waals surface area contributed by atoms with Crippen LogP contribution >= 0.6 is 0 Å². The second-order valence-corrected chi connectivity index (χ2v) is 9.87. The monoisotopic (exact) mass is 439 g/mol. The molecule has 2 heterocycles. The van der Waals surface area contributed by atoms with Gasteiger partial charge in [0, 0.05) is 24.7 Å². The summed E-state index contributed by atoms with van der Waals surface area (Å²) in [5.74, 6) is -0.0154. The first kappa shape index (κ1) is 21.0. The molecule has 1 N–H and O–H groups in total. The van der Waals surface area contributed by atoms with E-state index < -0.39 is 10.0 Å². The first-order valence-electron chi connectivity index (χ1n) is 10.1. The summed E-state index contributed by atoms with van der Waals surface area (Å²) in [6.07, 6.45) is 2.83. The van der Waals surface area contributed by atoms with Gasteiger partial charge in [0.2, 0.25) is 10.0 Å². The van der Waals surface area contributed by atoms with Crippen LogP contribution in [0, 0.1) is 0 Å². The minimum Gasteiger partial charge on any atom is -0.348 e. The summed E-state index contributed by atoms with van der Waals surface area (Å²) in [5.41, 5.74) is 2.77. The number of sulfonamides is 1. The Hall–Kier alpha value is -3.20. The van der Waals surface area contributed by atoms with Crippen molar-refractivity contribution in [1.29, 1.82) is 0 Å². The van der Waals surface area contributed by atoms with Gasteiger partial charge in [-0.15, -0.1) is 0 Å². The van der Waals surface area contributed by atoms with Gasteiger partial charge < -0.3 is 5.32 Å². The van der Waals surface area contributed by atoms with Crippen LogP contribution in [0.5, 0.6) is 0 Å². The Morgan fingerprint density at radius 2 is 1.94 bits per heavy atom. The van der Waals surface area contributed by atoms with Crippen molar-refractivity contribution in [3.8, 4) is 0 Å². The van der Waals surface area contributed by atoms with Gasteiger partial charge in [0.1, 0.15) is 6.33 Å². The fraction of sp³-hybridized carbons (Fsp3) is 0.318. The van der Waals surface area contributed by atoms with Crippen LogP contribution in [0.2, 0.25) is 0 Å². The van der Waals surface area contributed by atoms with Crippen molar-refractivity contribution in [3.05, 3.63) is 77.4 Å². The summed E-state index contributed by atoms with van der Waals surface area (Å²) in [6, 6.07) is 14.9. The number of anilines is 1. The van der Waals surface area contributed by atoms with Gasteiger partial charge in [-0.3, -0.25) is 13.8 Å². The second kappa shape index (κ2) is 8.14. The van der Waals surface area contributed by atoms with Crippen LogP contribution in [-0.2, 0) is 16.6 Å². The molecule has 0 aliphatic carbocycles. The lowest BCUT2D eigenvalue weighted by Gasteiger charge is -2.16. The van der Waals surface area contributed by atoms with E-state index in [0.29, 0.717) is 23.6 Å². The minimum atomic E-state index is -3.48. The second-order valence-electron chi connectivity index (χ2n) is 7.97. The fourth-order valence-corrected chi connectivity index (χ4v) is 4.62. The van der Waals surface area contributed by atoms with Crippen molar-refractivity contribution in [3.63, 3.8) is 0 Å². The molecule has 0 fully saturated rings. The third kappa shape index (κ3) is 4.32. The lowest BCUT2D eigenvalue weighted by Crippen LogP contribution is -2.29. The number of hydrogen-bond acceptors (Lipinski definition) is 5. The molecule has 0 saturated carbocycles. The quantitative estimate of drug-likeness (QED) is 0.637. The van der Waals surface area contributed by atoms with E-state index in [9.17, 15) is 13.2 Å². The molecule has 0 bridgehead atoms. The van der Waals surface area contributed by atoms with Crippen molar-refractivity contribution in [2.24, 2.45) is 0 Å². The molecule has 1 atom stereocenters. The maximum atomic E-state index is 12.8. The summed E-state index contributed by atoms with van der Waals surface area (Å²) < 4.78 is 27.8. The topological polar surface area (TPSA) is 97.2 Å². The van der Waals surface area contributed by atoms with E-state index in [0.717, 1.165) is 11.1 Å². The van der Waals surface area contributed by atoms with Crippen molar-refractivity contribution in [2.45, 2.75) is 32.4 Å². The van der Waals surface area contributed by atoms with Gasteiger partial charge in [-0.2, -0.15) is 5.10 Å². The van der Waals surface area contributed by atoms with Gasteiger partial charge in [-0.05, 0) is 43.2 Å². The van der Waals surface area contributed by atoms with Crippen LogP contribution in [0.25, 0.3) is 0 Å². The highest BCUT2D eigenvalue weighted by Crippen LogP contribution is 2.40. The third-order valence-electron chi connectivity index (χ3n) is 5.35. The lowest BCUT2D eigenvalue weighted by atomic mass is 9.98. The number of aromatic nitrogens is 3. The SMILES string of the molecule is CC(C)n1cnc(C2CN(S(C)(=O)=O)c3ccc(C(=O)NCc4ccccc4)cc32)n1. The maximum Gasteiger partial charge on any atom is 0.251 e. The van der Waals surface area contributed by atoms with Crippen LogP contribution in [0.3, 0.4) is 0 Å². The molecule has 3 aromatic rings. The zero-order valence-electron chi connectivity index (χ0n) is 17.7. The normalized spacial score (nSPS) is 15.9.